The molecule has 2 N–H and O–H groups in total. The summed E-state index contributed by atoms with van der Waals surface area (Å²) in [4.78, 5) is 0.982. The smallest absolute Gasteiger partial charge is 0.372 e. The maximum atomic E-state index is 13.9. The van der Waals surface area contributed by atoms with Crippen LogP contribution in [0.1, 0.15) is 29.7 Å². The molecule has 2 aromatic carbocycles. The maximum Gasteiger partial charge on any atom is 0.425 e. The van der Waals surface area contributed by atoms with E-state index in [0.29, 0.717) is 5.56 Å². The van der Waals surface area contributed by atoms with Crippen LogP contribution in [0.4, 0.5) is 13.2 Å². The topological polar surface area (TPSA) is 24.7 Å². The molecule has 2 nitrogen and oxygen atoms in total. The summed E-state index contributed by atoms with van der Waals surface area (Å²) in [6, 6.07) is 13.2. The van der Waals surface area contributed by atoms with E-state index in [1.807, 2.05) is 21.0 Å². The molecule has 0 aliphatic carbocycles. The van der Waals surface area contributed by atoms with Crippen LogP contribution in [-0.2, 0) is 5.60 Å². The number of nitrogens with one attached hydrogen (secondary N) is 1. The van der Waals surface area contributed by atoms with Gasteiger partial charge in [0, 0.05) is 11.1 Å². The van der Waals surface area contributed by atoms with Crippen molar-refractivity contribution in [3.8, 4) is 0 Å². The second kappa shape index (κ2) is 6.34. The molecule has 0 fully saturated rings. The van der Waals surface area contributed by atoms with Gasteiger partial charge in [0.15, 0.2) is 0 Å². The molecular weight excluding hydrogens is 303 g/mol. The van der Waals surface area contributed by atoms with E-state index in [4.69, 9.17) is 0 Å². The Bertz CT molecular complexity index is 655. The van der Waals surface area contributed by atoms with Gasteiger partial charge in [-0.25, -0.2) is 0 Å². The fraction of sp³-hybridized carbons (Fsp3) is 0.333. The Hall–Kier alpha value is -1.85. The van der Waals surface area contributed by atoms with Gasteiger partial charge in [0.25, 0.3) is 0 Å². The number of hydrogen-bond donors (Lipinski definition) is 2. The molecule has 0 aromatic heterocycles. The first-order valence-electron chi connectivity index (χ1n) is 7.43. The molecule has 2 atom stereocenters. The van der Waals surface area contributed by atoms with Crippen LogP contribution in [-0.4, -0.2) is 25.4 Å². The average molecular weight is 324 g/mol. The van der Waals surface area contributed by atoms with Crippen molar-refractivity contribution in [2.24, 2.45) is 0 Å². The van der Waals surface area contributed by atoms with Crippen molar-refractivity contribution in [3.05, 3.63) is 71.3 Å². The van der Waals surface area contributed by atoms with Crippen molar-refractivity contribution < 1.29 is 23.2 Å². The SMILES string of the molecule is C[C@@H](c1ccccc1[C@](O)(c1ccccc1)C(F)(F)F)[NH+](C)C. The van der Waals surface area contributed by atoms with Gasteiger partial charge < -0.3 is 10.0 Å². The van der Waals surface area contributed by atoms with Crippen LogP contribution in [0.3, 0.4) is 0 Å². The number of alkyl halides is 3. The highest BCUT2D eigenvalue weighted by Crippen LogP contribution is 2.45. The normalized spacial score (nSPS) is 16.2. The summed E-state index contributed by atoms with van der Waals surface area (Å²) >= 11 is 0. The van der Waals surface area contributed by atoms with Gasteiger partial charge in [-0.2, -0.15) is 13.2 Å². The first kappa shape index (κ1) is 17.5. The van der Waals surface area contributed by atoms with Gasteiger partial charge in [0.2, 0.25) is 5.60 Å². The fourth-order valence-electron chi connectivity index (χ4n) is 2.67. The van der Waals surface area contributed by atoms with Crippen LogP contribution >= 0.6 is 0 Å². The highest BCUT2D eigenvalue weighted by Gasteiger charge is 2.57. The summed E-state index contributed by atoms with van der Waals surface area (Å²) in [7, 11) is 3.74. The molecule has 0 aliphatic heterocycles. The van der Waals surface area contributed by atoms with Gasteiger partial charge in [-0.3, -0.25) is 0 Å². The van der Waals surface area contributed by atoms with Crippen LogP contribution in [0.5, 0.6) is 0 Å². The molecule has 0 heterocycles. The number of aliphatic hydroxyl groups is 1. The maximum absolute atomic E-state index is 13.9. The monoisotopic (exact) mass is 324 g/mol. The Morgan fingerprint density at radius 3 is 1.96 bits per heavy atom. The minimum absolute atomic E-state index is 0.118. The van der Waals surface area contributed by atoms with Crippen molar-refractivity contribution in [1.29, 1.82) is 0 Å². The van der Waals surface area contributed by atoms with Gasteiger partial charge in [-0.15, -0.1) is 0 Å². The molecular formula is C18H21F3NO+. The highest BCUT2D eigenvalue weighted by atomic mass is 19.4. The van der Waals surface area contributed by atoms with Crippen LogP contribution in [0, 0.1) is 0 Å². The van der Waals surface area contributed by atoms with E-state index in [1.54, 1.807) is 18.2 Å². The van der Waals surface area contributed by atoms with E-state index in [0.717, 1.165) is 4.90 Å². The third kappa shape index (κ3) is 3.12. The van der Waals surface area contributed by atoms with Crippen LogP contribution < -0.4 is 4.90 Å². The van der Waals surface area contributed by atoms with Crippen molar-refractivity contribution in [1.82, 2.24) is 0 Å². The zero-order valence-corrected chi connectivity index (χ0v) is 13.4. The molecule has 0 radical (unpaired) electrons. The van der Waals surface area contributed by atoms with Gasteiger partial charge in [0.05, 0.1) is 14.1 Å². The predicted octanol–water partition coefficient (Wildman–Crippen LogP) is 2.69. The molecule has 0 saturated carbocycles. The number of benzene rings is 2. The summed E-state index contributed by atoms with van der Waals surface area (Å²) in [6.45, 7) is 1.84. The summed E-state index contributed by atoms with van der Waals surface area (Å²) in [5.74, 6) is 0. The summed E-state index contributed by atoms with van der Waals surface area (Å²) in [6.07, 6.45) is -4.83. The molecule has 0 bridgehead atoms. The lowest BCUT2D eigenvalue weighted by Gasteiger charge is -2.34. The van der Waals surface area contributed by atoms with Crippen molar-refractivity contribution in [2.45, 2.75) is 24.7 Å². The molecule has 23 heavy (non-hydrogen) atoms. The Kier molecular flexibility index (Phi) is 4.82. The standard InChI is InChI=1S/C18H20F3NO/c1-13(22(2)3)15-11-7-8-12-16(15)17(23,18(19,20)21)14-9-5-4-6-10-14/h4-13,23H,1-3H3/p+1/t13-,17+/m0/s1. The zero-order chi connectivity index (χ0) is 17.3. The van der Waals surface area contributed by atoms with Crippen molar-refractivity contribution in [2.75, 3.05) is 14.1 Å². The molecule has 0 spiro atoms. The van der Waals surface area contributed by atoms with Gasteiger partial charge in [-0.1, -0.05) is 54.6 Å². The number of rotatable bonds is 4. The third-order valence-electron chi connectivity index (χ3n) is 4.28. The van der Waals surface area contributed by atoms with E-state index >= 15 is 0 Å². The second-order valence-corrected chi connectivity index (χ2v) is 5.96. The molecule has 5 heteroatoms. The molecule has 0 unspecified atom stereocenters. The molecule has 2 rings (SSSR count). The van der Waals surface area contributed by atoms with Gasteiger partial charge in [0.1, 0.15) is 6.04 Å². The highest BCUT2D eigenvalue weighted by molar-refractivity contribution is 5.43. The van der Waals surface area contributed by atoms with Crippen molar-refractivity contribution in [3.63, 3.8) is 0 Å². The molecule has 0 aliphatic rings. The third-order valence-corrected chi connectivity index (χ3v) is 4.28. The van der Waals surface area contributed by atoms with Gasteiger partial charge in [-0.05, 0) is 12.5 Å². The van der Waals surface area contributed by atoms with Crippen LogP contribution in [0.15, 0.2) is 54.6 Å². The van der Waals surface area contributed by atoms with E-state index in [1.165, 1.54) is 36.4 Å². The number of hydrogen-bond acceptors (Lipinski definition) is 1. The average Bonchev–Trinajstić information content (AvgIpc) is 2.53. The summed E-state index contributed by atoms with van der Waals surface area (Å²) < 4.78 is 41.6. The largest absolute Gasteiger partial charge is 0.425 e. The second-order valence-electron chi connectivity index (χ2n) is 5.96. The lowest BCUT2D eigenvalue weighted by Crippen LogP contribution is -3.05. The van der Waals surface area contributed by atoms with Crippen LogP contribution in [0.25, 0.3) is 0 Å². The Balaban J connectivity index is 2.73. The predicted molar refractivity (Wildman–Crippen MR) is 83.2 cm³/mol. The summed E-state index contributed by atoms with van der Waals surface area (Å²) in [5, 5.41) is 10.8. The zero-order valence-electron chi connectivity index (χ0n) is 13.4. The first-order valence-corrected chi connectivity index (χ1v) is 7.43. The van der Waals surface area contributed by atoms with E-state index in [9.17, 15) is 18.3 Å². The molecule has 0 saturated heterocycles. The lowest BCUT2D eigenvalue weighted by atomic mass is 9.81. The number of quaternary nitrogens is 1. The van der Waals surface area contributed by atoms with Gasteiger partial charge >= 0.3 is 6.18 Å². The number of halogens is 3. The molecule has 124 valence electrons. The minimum atomic E-state index is -4.83. The quantitative estimate of drug-likeness (QED) is 0.888. The van der Waals surface area contributed by atoms with E-state index in [2.05, 4.69) is 0 Å². The van der Waals surface area contributed by atoms with E-state index < -0.39 is 11.8 Å². The van der Waals surface area contributed by atoms with Crippen LogP contribution in [0.2, 0.25) is 0 Å². The lowest BCUT2D eigenvalue weighted by molar-refractivity contribution is -0.890. The fourth-order valence-corrected chi connectivity index (χ4v) is 2.67. The molecule has 0 amide bonds. The Morgan fingerprint density at radius 2 is 1.43 bits per heavy atom. The summed E-state index contributed by atoms with van der Waals surface area (Å²) in [5.41, 5.74) is -2.85. The Morgan fingerprint density at radius 1 is 0.913 bits per heavy atom. The first-order chi connectivity index (χ1) is 10.7. The minimum Gasteiger partial charge on any atom is -0.372 e. The molecule has 2 aromatic rings. The Labute approximate surface area is 134 Å². The van der Waals surface area contributed by atoms with E-state index in [-0.39, 0.29) is 17.2 Å². The van der Waals surface area contributed by atoms with Crippen molar-refractivity contribution >= 4 is 0 Å².